The second-order valence-electron chi connectivity index (χ2n) is 10.6. The molecule has 0 aromatic heterocycles. The Morgan fingerprint density at radius 3 is 2.02 bits per heavy atom. The number of esters is 1. The molecule has 2 amide bonds. The van der Waals surface area contributed by atoms with E-state index >= 15 is 0 Å². The summed E-state index contributed by atoms with van der Waals surface area (Å²) in [5.41, 5.74) is 0.565. The van der Waals surface area contributed by atoms with Gasteiger partial charge in [0.2, 0.25) is 5.91 Å². The number of rotatable bonds is 9. The van der Waals surface area contributed by atoms with E-state index in [-0.39, 0.29) is 30.0 Å². The van der Waals surface area contributed by atoms with Crippen LogP contribution in [0.2, 0.25) is 0 Å². The van der Waals surface area contributed by atoms with Gasteiger partial charge in [-0.3, -0.25) is 14.4 Å². The summed E-state index contributed by atoms with van der Waals surface area (Å²) in [5.74, 6) is -1.61. The first kappa shape index (κ1) is 34.9. The van der Waals surface area contributed by atoms with Crippen molar-refractivity contribution in [1.82, 2.24) is 4.90 Å². The van der Waals surface area contributed by atoms with E-state index in [1.54, 1.807) is 20.8 Å². The summed E-state index contributed by atoms with van der Waals surface area (Å²) in [7, 11) is 1.26. The van der Waals surface area contributed by atoms with Gasteiger partial charge in [0, 0.05) is 17.8 Å². The number of nitrogens with one attached hydrogen (secondary N) is 1. The number of aryl methyl sites for hydroxylation is 1. The summed E-state index contributed by atoms with van der Waals surface area (Å²) in [5, 5.41) is 2.56. The molecule has 0 aliphatic rings. The quantitative estimate of drug-likeness (QED) is 0.262. The first-order valence-corrected chi connectivity index (χ1v) is 13.9. The molecule has 232 valence electrons. The van der Waals surface area contributed by atoms with Crippen molar-refractivity contribution in [3.8, 4) is 5.75 Å². The minimum atomic E-state index is -4.66. The number of alkyl halides is 3. The van der Waals surface area contributed by atoms with Crippen molar-refractivity contribution >= 4 is 23.5 Å². The molecule has 0 unspecified atom stereocenters. The van der Waals surface area contributed by atoms with Crippen molar-refractivity contribution in [1.29, 1.82) is 0 Å². The minimum absolute atomic E-state index is 0.0322. The normalized spacial score (nSPS) is 11.1. The number of hydrogen-bond donors (Lipinski definition) is 1. The third-order valence-electron chi connectivity index (χ3n) is 5.91. The third kappa shape index (κ3) is 11.1. The van der Waals surface area contributed by atoms with Crippen LogP contribution in [-0.4, -0.2) is 41.9 Å². The molecule has 0 saturated carbocycles. The fourth-order valence-corrected chi connectivity index (χ4v) is 4.00. The number of halogens is 3. The minimum Gasteiger partial charge on any atom is -0.497 e. The van der Waals surface area contributed by atoms with Crippen LogP contribution < -0.4 is 10.1 Å². The molecule has 10 heteroatoms. The number of ether oxygens (including phenoxy) is 2. The number of amides is 2. The van der Waals surface area contributed by atoms with Gasteiger partial charge in [-0.05, 0) is 75.2 Å². The van der Waals surface area contributed by atoms with Gasteiger partial charge in [-0.25, -0.2) is 0 Å². The second-order valence-corrected chi connectivity index (χ2v) is 10.6. The average molecular weight is 601 g/mol. The lowest BCUT2D eigenvalue weighted by molar-refractivity contribution is -0.155. The molecule has 3 aromatic carbocycles. The highest BCUT2D eigenvalue weighted by Crippen LogP contribution is 2.34. The Morgan fingerprint density at radius 2 is 1.49 bits per heavy atom. The maximum atomic E-state index is 13.5. The summed E-state index contributed by atoms with van der Waals surface area (Å²) in [6.45, 7) is 11.1. The van der Waals surface area contributed by atoms with Crippen molar-refractivity contribution in [2.24, 2.45) is 0 Å². The first-order valence-electron chi connectivity index (χ1n) is 13.9. The molecule has 0 heterocycles. The maximum Gasteiger partial charge on any atom is 0.416 e. The van der Waals surface area contributed by atoms with E-state index in [0.717, 1.165) is 17.2 Å². The number of methoxy groups -OCH3 is 1. The summed E-state index contributed by atoms with van der Waals surface area (Å²) < 4.78 is 50.8. The molecule has 0 aliphatic heterocycles. The maximum absolute atomic E-state index is 13.5. The van der Waals surface area contributed by atoms with Crippen LogP contribution in [-0.2, 0) is 33.5 Å². The molecule has 43 heavy (non-hydrogen) atoms. The Bertz CT molecular complexity index is 1380. The Kier molecular flexibility index (Phi) is 12.3. The van der Waals surface area contributed by atoms with Crippen molar-refractivity contribution in [2.45, 2.75) is 66.3 Å². The molecule has 0 saturated heterocycles. The van der Waals surface area contributed by atoms with Crippen LogP contribution in [0.15, 0.2) is 66.7 Å². The van der Waals surface area contributed by atoms with Gasteiger partial charge in [0.25, 0.3) is 5.91 Å². The number of carbonyl (C=O) groups excluding carboxylic acids is 3. The van der Waals surface area contributed by atoms with Gasteiger partial charge in [-0.1, -0.05) is 49.7 Å². The Balaban J connectivity index is 0.00000316. The van der Waals surface area contributed by atoms with E-state index in [1.165, 1.54) is 48.4 Å². The first-order chi connectivity index (χ1) is 20.1. The molecule has 0 radical (unpaired) electrons. The van der Waals surface area contributed by atoms with Crippen molar-refractivity contribution in [2.75, 3.05) is 19.0 Å². The van der Waals surface area contributed by atoms with Crippen molar-refractivity contribution in [3.63, 3.8) is 0 Å². The molecule has 3 rings (SSSR count). The summed E-state index contributed by atoms with van der Waals surface area (Å²) in [6.07, 6.45) is -5.17. The fourth-order valence-electron chi connectivity index (χ4n) is 4.00. The van der Waals surface area contributed by atoms with Gasteiger partial charge in [0.15, 0.2) is 0 Å². The highest BCUT2D eigenvalue weighted by Gasteiger charge is 2.34. The second kappa shape index (κ2) is 15.2. The van der Waals surface area contributed by atoms with Gasteiger partial charge in [-0.2, -0.15) is 13.2 Å². The van der Waals surface area contributed by atoms with E-state index in [4.69, 9.17) is 9.47 Å². The molecule has 0 spiro atoms. The highest BCUT2D eigenvalue weighted by molar-refractivity contribution is 5.97. The molecule has 1 N–H and O–H groups in total. The van der Waals surface area contributed by atoms with Crippen LogP contribution in [0.25, 0.3) is 0 Å². The van der Waals surface area contributed by atoms with Crippen LogP contribution in [0.3, 0.4) is 0 Å². The number of carbonyl (C=O) groups is 3. The topological polar surface area (TPSA) is 84.9 Å². The molecule has 0 fully saturated rings. The monoisotopic (exact) mass is 600 g/mol. The summed E-state index contributed by atoms with van der Waals surface area (Å²) >= 11 is 0. The van der Waals surface area contributed by atoms with Gasteiger partial charge >= 0.3 is 12.1 Å². The summed E-state index contributed by atoms with van der Waals surface area (Å²) in [6, 6.07) is 16.9. The molecular weight excluding hydrogens is 561 g/mol. The average Bonchev–Trinajstić information content (AvgIpc) is 2.93. The lowest BCUT2D eigenvalue weighted by Crippen LogP contribution is -2.38. The predicted octanol–water partition coefficient (Wildman–Crippen LogP) is 7.21. The molecular formula is C33H39F3N2O5. The molecule has 0 bridgehead atoms. The van der Waals surface area contributed by atoms with E-state index in [1.807, 2.05) is 45.0 Å². The van der Waals surface area contributed by atoms with Crippen LogP contribution in [0.4, 0.5) is 18.9 Å². The number of anilines is 1. The lowest BCUT2D eigenvalue weighted by Gasteiger charge is -2.25. The smallest absolute Gasteiger partial charge is 0.416 e. The molecule has 0 atom stereocenters. The Hall–Kier alpha value is -4.34. The highest BCUT2D eigenvalue weighted by atomic mass is 19.4. The zero-order valence-corrected chi connectivity index (χ0v) is 25.6. The zero-order chi connectivity index (χ0) is 32.4. The molecule has 0 aliphatic carbocycles. The Labute approximate surface area is 251 Å². The number of hydrogen-bond acceptors (Lipinski definition) is 5. The largest absolute Gasteiger partial charge is 0.497 e. The van der Waals surface area contributed by atoms with Crippen LogP contribution >= 0.6 is 0 Å². The van der Waals surface area contributed by atoms with Crippen molar-refractivity contribution in [3.05, 3.63) is 94.5 Å². The van der Waals surface area contributed by atoms with Crippen LogP contribution in [0.5, 0.6) is 5.75 Å². The van der Waals surface area contributed by atoms with Gasteiger partial charge in [0.1, 0.15) is 17.9 Å². The molecule has 7 nitrogen and oxygen atoms in total. The zero-order valence-electron chi connectivity index (χ0n) is 25.6. The SMILES string of the molecule is CC.COc1ccc(CC(=O)Nc2ccc(C(=O)N(CC(=O)OC(C)(C)C)Cc3ccc(C)cc3)cc2)c(C(F)(F)F)c1. The number of nitrogens with zero attached hydrogens (tertiary/aromatic N) is 1. The predicted molar refractivity (Wildman–Crippen MR) is 160 cm³/mol. The van der Waals surface area contributed by atoms with E-state index in [2.05, 4.69) is 5.32 Å². The van der Waals surface area contributed by atoms with E-state index in [9.17, 15) is 27.6 Å². The van der Waals surface area contributed by atoms with Gasteiger partial charge in [0.05, 0.1) is 19.1 Å². The van der Waals surface area contributed by atoms with Crippen LogP contribution in [0.1, 0.15) is 67.2 Å². The van der Waals surface area contributed by atoms with E-state index in [0.29, 0.717) is 5.69 Å². The lowest BCUT2D eigenvalue weighted by atomic mass is 10.0. The fraction of sp³-hybridized carbons (Fsp3) is 0.364. The molecule has 3 aromatic rings. The third-order valence-corrected chi connectivity index (χ3v) is 5.91. The number of benzene rings is 3. The van der Waals surface area contributed by atoms with Crippen molar-refractivity contribution < 1.29 is 37.0 Å². The van der Waals surface area contributed by atoms with Crippen LogP contribution in [0, 0.1) is 6.92 Å². The Morgan fingerprint density at radius 1 is 0.884 bits per heavy atom. The van der Waals surface area contributed by atoms with Gasteiger partial charge < -0.3 is 19.7 Å². The standard InChI is InChI=1S/C31H33F3N2O5.C2H6/c1-20-6-8-21(9-7-20)18-36(19-28(38)41-30(2,3)4)29(39)22-10-13-24(14-11-22)35-27(37)16-23-12-15-25(40-5)17-26(23)31(32,33)34;1-2/h6-15,17H,16,18-19H2,1-5H3,(H,35,37);1-2H3. The summed E-state index contributed by atoms with van der Waals surface area (Å²) in [4.78, 5) is 39.9. The van der Waals surface area contributed by atoms with Gasteiger partial charge in [-0.15, -0.1) is 0 Å². The van der Waals surface area contributed by atoms with E-state index < -0.39 is 41.5 Å².